The molecule has 0 bridgehead atoms. The highest BCUT2D eigenvalue weighted by molar-refractivity contribution is 5.76. The first-order valence-corrected chi connectivity index (χ1v) is 7.76. The predicted molar refractivity (Wildman–Crippen MR) is 85.4 cm³/mol. The van der Waals surface area contributed by atoms with Crippen molar-refractivity contribution in [1.29, 1.82) is 0 Å². The average Bonchev–Trinajstić information content (AvgIpc) is 2.89. The Morgan fingerprint density at radius 2 is 1.90 bits per heavy atom. The molecule has 1 N–H and O–H groups in total. The lowest BCUT2D eigenvalue weighted by atomic mass is 10.0. The number of unbranched alkanes of at least 4 members (excludes halogenated alkanes) is 1. The molecule has 1 aliphatic carbocycles. The van der Waals surface area contributed by atoms with Crippen molar-refractivity contribution in [1.82, 2.24) is 0 Å². The van der Waals surface area contributed by atoms with E-state index < -0.39 is 6.10 Å². The molecule has 21 heavy (non-hydrogen) atoms. The van der Waals surface area contributed by atoms with Crippen LogP contribution in [-0.4, -0.2) is 18.3 Å². The lowest BCUT2D eigenvalue weighted by molar-refractivity contribution is 0.0349. The normalized spacial score (nSPS) is 13.8. The molecule has 0 saturated carbocycles. The van der Waals surface area contributed by atoms with Gasteiger partial charge in [-0.2, -0.15) is 0 Å². The zero-order valence-electron chi connectivity index (χ0n) is 12.5. The van der Waals surface area contributed by atoms with Crippen LogP contribution in [0.5, 0.6) is 0 Å². The molecule has 0 aliphatic heterocycles. The van der Waals surface area contributed by atoms with Gasteiger partial charge in [0.1, 0.15) is 6.10 Å². The summed E-state index contributed by atoms with van der Waals surface area (Å²) >= 11 is 0. The Morgan fingerprint density at radius 3 is 2.76 bits per heavy atom. The molecule has 2 aromatic rings. The van der Waals surface area contributed by atoms with Gasteiger partial charge in [0.15, 0.2) is 0 Å². The number of fused-ring (bicyclic) bond motifs is 3. The number of rotatable bonds is 6. The van der Waals surface area contributed by atoms with Crippen LogP contribution in [0, 0.1) is 0 Å². The molecule has 0 fully saturated rings. The molecule has 1 atom stereocenters. The molecule has 0 spiro atoms. The lowest BCUT2D eigenvalue weighted by Crippen LogP contribution is -2.08. The smallest absolute Gasteiger partial charge is 0.102 e. The van der Waals surface area contributed by atoms with Gasteiger partial charge in [0, 0.05) is 6.61 Å². The fourth-order valence-electron chi connectivity index (χ4n) is 2.91. The van der Waals surface area contributed by atoms with E-state index >= 15 is 0 Å². The van der Waals surface area contributed by atoms with Crippen LogP contribution in [0.2, 0.25) is 0 Å². The molecule has 0 aromatic heterocycles. The minimum absolute atomic E-state index is 0.381. The molecule has 0 saturated heterocycles. The fraction of sp³-hybridized carbons (Fsp3) is 0.368. The van der Waals surface area contributed by atoms with Gasteiger partial charge in [-0.25, -0.2) is 0 Å². The van der Waals surface area contributed by atoms with Crippen LogP contribution in [0.15, 0.2) is 42.5 Å². The summed E-state index contributed by atoms with van der Waals surface area (Å²) in [5.74, 6) is 0. The van der Waals surface area contributed by atoms with Gasteiger partial charge in [-0.15, -0.1) is 0 Å². The van der Waals surface area contributed by atoms with Crippen molar-refractivity contribution in [2.24, 2.45) is 0 Å². The van der Waals surface area contributed by atoms with Crippen molar-refractivity contribution in [2.45, 2.75) is 32.3 Å². The third-order valence-electron chi connectivity index (χ3n) is 4.12. The summed E-state index contributed by atoms with van der Waals surface area (Å²) in [5.41, 5.74) is 6.26. The maximum absolute atomic E-state index is 10.2. The van der Waals surface area contributed by atoms with Crippen LogP contribution in [0.1, 0.15) is 42.6 Å². The number of ether oxygens (including phenoxy) is 1. The van der Waals surface area contributed by atoms with E-state index in [1.807, 2.05) is 6.07 Å². The maximum Gasteiger partial charge on any atom is 0.102 e. The predicted octanol–water partition coefficient (Wildman–Crippen LogP) is 4.11. The van der Waals surface area contributed by atoms with Crippen LogP contribution >= 0.6 is 0 Å². The monoisotopic (exact) mass is 282 g/mol. The zero-order valence-corrected chi connectivity index (χ0v) is 12.5. The highest BCUT2D eigenvalue weighted by atomic mass is 16.5. The van der Waals surface area contributed by atoms with Crippen LogP contribution in [0.3, 0.4) is 0 Å². The molecule has 2 aromatic carbocycles. The summed E-state index contributed by atoms with van der Waals surface area (Å²) in [6.07, 6.45) is 2.60. The maximum atomic E-state index is 10.2. The second kappa shape index (κ2) is 6.42. The SMILES string of the molecule is CCCCOCC(O)c1ccc2c(c1)Cc1ccccc1-2. The van der Waals surface area contributed by atoms with Gasteiger partial charge < -0.3 is 9.84 Å². The first-order chi connectivity index (χ1) is 10.3. The molecular formula is C19H22O2. The Kier molecular flexibility index (Phi) is 4.37. The van der Waals surface area contributed by atoms with E-state index in [9.17, 15) is 5.11 Å². The number of aliphatic hydroxyl groups excluding tert-OH is 1. The number of hydrogen-bond acceptors (Lipinski definition) is 2. The highest BCUT2D eigenvalue weighted by Crippen LogP contribution is 2.37. The van der Waals surface area contributed by atoms with E-state index in [1.54, 1.807) is 0 Å². The van der Waals surface area contributed by atoms with Gasteiger partial charge >= 0.3 is 0 Å². The summed E-state index contributed by atoms with van der Waals surface area (Å²) in [6, 6.07) is 14.8. The Labute approximate surface area is 126 Å². The summed E-state index contributed by atoms with van der Waals surface area (Å²) in [5, 5.41) is 10.2. The van der Waals surface area contributed by atoms with E-state index in [0.29, 0.717) is 6.61 Å². The van der Waals surface area contributed by atoms with E-state index in [4.69, 9.17) is 4.74 Å². The first kappa shape index (κ1) is 14.3. The number of aliphatic hydroxyl groups is 1. The van der Waals surface area contributed by atoms with Crippen molar-refractivity contribution < 1.29 is 9.84 Å². The van der Waals surface area contributed by atoms with Crippen molar-refractivity contribution >= 4 is 0 Å². The minimum Gasteiger partial charge on any atom is -0.386 e. The Morgan fingerprint density at radius 1 is 1.10 bits per heavy atom. The number of benzene rings is 2. The molecule has 3 rings (SSSR count). The van der Waals surface area contributed by atoms with Gasteiger partial charge in [-0.3, -0.25) is 0 Å². The van der Waals surface area contributed by atoms with Gasteiger partial charge in [0.25, 0.3) is 0 Å². The van der Waals surface area contributed by atoms with E-state index in [2.05, 4.69) is 43.3 Å². The molecule has 1 unspecified atom stereocenters. The van der Waals surface area contributed by atoms with E-state index in [0.717, 1.165) is 31.4 Å². The summed E-state index contributed by atoms with van der Waals surface area (Å²) in [7, 11) is 0. The topological polar surface area (TPSA) is 29.5 Å². The molecule has 1 aliphatic rings. The Balaban J connectivity index is 1.71. The summed E-state index contributed by atoms with van der Waals surface area (Å²) in [6.45, 7) is 3.24. The molecule has 0 radical (unpaired) electrons. The van der Waals surface area contributed by atoms with Gasteiger partial charge in [-0.1, -0.05) is 55.8 Å². The second-order valence-corrected chi connectivity index (χ2v) is 5.69. The third kappa shape index (κ3) is 3.02. The fourth-order valence-corrected chi connectivity index (χ4v) is 2.91. The quantitative estimate of drug-likeness (QED) is 0.689. The van der Waals surface area contributed by atoms with Crippen LogP contribution in [0.25, 0.3) is 11.1 Å². The van der Waals surface area contributed by atoms with E-state index in [1.165, 1.54) is 22.3 Å². The largest absolute Gasteiger partial charge is 0.386 e. The van der Waals surface area contributed by atoms with Gasteiger partial charge in [-0.05, 0) is 40.7 Å². The van der Waals surface area contributed by atoms with Crippen LogP contribution in [-0.2, 0) is 11.2 Å². The van der Waals surface area contributed by atoms with Crippen molar-refractivity contribution in [2.75, 3.05) is 13.2 Å². The van der Waals surface area contributed by atoms with Crippen molar-refractivity contribution in [3.8, 4) is 11.1 Å². The lowest BCUT2D eigenvalue weighted by Gasteiger charge is -2.13. The van der Waals surface area contributed by atoms with Crippen molar-refractivity contribution in [3.63, 3.8) is 0 Å². The van der Waals surface area contributed by atoms with Crippen LogP contribution < -0.4 is 0 Å². The average molecular weight is 282 g/mol. The minimum atomic E-state index is -0.532. The van der Waals surface area contributed by atoms with Crippen molar-refractivity contribution in [3.05, 3.63) is 59.2 Å². The Hall–Kier alpha value is -1.64. The first-order valence-electron chi connectivity index (χ1n) is 7.76. The summed E-state index contributed by atoms with van der Waals surface area (Å²) in [4.78, 5) is 0. The zero-order chi connectivity index (χ0) is 14.7. The second-order valence-electron chi connectivity index (χ2n) is 5.69. The van der Waals surface area contributed by atoms with Gasteiger partial charge in [0.05, 0.1) is 6.61 Å². The molecule has 2 heteroatoms. The molecule has 0 heterocycles. The molecular weight excluding hydrogens is 260 g/mol. The molecule has 110 valence electrons. The van der Waals surface area contributed by atoms with Gasteiger partial charge in [0.2, 0.25) is 0 Å². The van der Waals surface area contributed by atoms with Crippen LogP contribution in [0.4, 0.5) is 0 Å². The molecule has 2 nitrogen and oxygen atoms in total. The Bertz CT molecular complexity index is 619. The summed E-state index contributed by atoms with van der Waals surface area (Å²) < 4.78 is 5.52. The standard InChI is InChI=1S/C19H22O2/c1-2-3-10-21-13-19(20)15-8-9-18-16(12-15)11-14-6-4-5-7-17(14)18/h4-9,12,19-20H,2-3,10-11,13H2,1H3. The highest BCUT2D eigenvalue weighted by Gasteiger charge is 2.19. The molecule has 0 amide bonds. The van der Waals surface area contributed by atoms with E-state index in [-0.39, 0.29) is 0 Å². The third-order valence-corrected chi connectivity index (χ3v) is 4.12. The number of hydrogen-bond donors (Lipinski definition) is 1.